The van der Waals surface area contributed by atoms with Crippen LogP contribution in [0.15, 0.2) is 30.3 Å². The molecule has 0 saturated heterocycles. The fourth-order valence-corrected chi connectivity index (χ4v) is 3.40. The second kappa shape index (κ2) is 9.94. The zero-order chi connectivity index (χ0) is 18.9. The van der Waals surface area contributed by atoms with Crippen molar-refractivity contribution in [2.75, 3.05) is 6.54 Å². The highest BCUT2D eigenvalue weighted by molar-refractivity contribution is 5.84. The molecule has 1 atom stereocenters. The number of rotatable bonds is 9. The maximum Gasteiger partial charge on any atom is 0.305 e. The van der Waals surface area contributed by atoms with Crippen molar-refractivity contribution in [2.24, 2.45) is 0 Å². The number of carboxylic acids is 1. The third kappa shape index (κ3) is 6.17. The van der Waals surface area contributed by atoms with E-state index in [9.17, 15) is 14.4 Å². The van der Waals surface area contributed by atoms with Crippen LogP contribution in [0, 0.1) is 0 Å². The van der Waals surface area contributed by atoms with E-state index < -0.39 is 5.97 Å². The van der Waals surface area contributed by atoms with E-state index in [-0.39, 0.29) is 49.7 Å². The second-order valence-electron chi connectivity index (χ2n) is 6.87. The van der Waals surface area contributed by atoms with Gasteiger partial charge in [-0.25, -0.2) is 0 Å². The van der Waals surface area contributed by atoms with Gasteiger partial charge in [-0.05, 0) is 25.3 Å². The highest BCUT2D eigenvalue weighted by Crippen LogP contribution is 2.22. The molecule has 142 valence electrons. The fourth-order valence-electron chi connectivity index (χ4n) is 3.40. The van der Waals surface area contributed by atoms with Gasteiger partial charge in [0.05, 0.1) is 12.5 Å². The minimum Gasteiger partial charge on any atom is -0.481 e. The molecule has 6 nitrogen and oxygen atoms in total. The summed E-state index contributed by atoms with van der Waals surface area (Å²) in [6.45, 7) is 2.02. The Morgan fingerprint density at radius 3 is 2.38 bits per heavy atom. The number of aliphatic carboxylic acids is 1. The lowest BCUT2D eigenvalue weighted by Gasteiger charge is -2.29. The molecule has 2 rings (SSSR count). The van der Waals surface area contributed by atoms with Gasteiger partial charge in [0, 0.05) is 25.4 Å². The predicted octanol–water partition coefficient (Wildman–Crippen LogP) is 2.89. The lowest BCUT2D eigenvalue weighted by atomic mass is 10.1. The van der Waals surface area contributed by atoms with Gasteiger partial charge in [-0.3, -0.25) is 14.4 Å². The van der Waals surface area contributed by atoms with Gasteiger partial charge in [-0.1, -0.05) is 43.2 Å². The van der Waals surface area contributed by atoms with Crippen LogP contribution in [-0.2, 0) is 14.4 Å². The van der Waals surface area contributed by atoms with Crippen molar-refractivity contribution in [1.29, 1.82) is 0 Å². The number of carbonyl (C=O) groups excluding carboxylic acids is 2. The van der Waals surface area contributed by atoms with Crippen LogP contribution in [-0.4, -0.2) is 40.4 Å². The van der Waals surface area contributed by atoms with Gasteiger partial charge in [-0.2, -0.15) is 0 Å². The molecule has 1 aliphatic carbocycles. The Morgan fingerprint density at radius 2 is 1.77 bits per heavy atom. The summed E-state index contributed by atoms with van der Waals surface area (Å²) in [6.07, 6.45) is 4.42. The predicted molar refractivity (Wildman–Crippen MR) is 98.5 cm³/mol. The smallest absolute Gasteiger partial charge is 0.305 e. The van der Waals surface area contributed by atoms with E-state index in [0.717, 1.165) is 31.2 Å². The van der Waals surface area contributed by atoms with Crippen LogP contribution in [0.2, 0.25) is 0 Å². The SMILES string of the molecule is C[C@@H](c1ccccc1)N(CCC(=O)O)C(=O)CCC(=O)NC1CCCC1. The van der Waals surface area contributed by atoms with Crippen molar-refractivity contribution in [3.8, 4) is 0 Å². The van der Waals surface area contributed by atoms with Crippen molar-refractivity contribution in [3.05, 3.63) is 35.9 Å². The summed E-state index contributed by atoms with van der Waals surface area (Å²) >= 11 is 0. The molecular weight excluding hydrogens is 332 g/mol. The van der Waals surface area contributed by atoms with Gasteiger partial charge >= 0.3 is 5.97 Å². The van der Waals surface area contributed by atoms with E-state index in [1.165, 1.54) is 0 Å². The number of carbonyl (C=O) groups is 3. The highest BCUT2D eigenvalue weighted by atomic mass is 16.4. The lowest BCUT2D eigenvalue weighted by Crippen LogP contribution is -2.37. The zero-order valence-corrected chi connectivity index (χ0v) is 15.3. The summed E-state index contributed by atoms with van der Waals surface area (Å²) in [5.41, 5.74) is 0.946. The number of carboxylic acid groups (broad SMARTS) is 1. The monoisotopic (exact) mass is 360 g/mol. The average Bonchev–Trinajstić information content (AvgIpc) is 3.13. The van der Waals surface area contributed by atoms with E-state index in [1.807, 2.05) is 37.3 Å². The maximum atomic E-state index is 12.7. The molecule has 2 N–H and O–H groups in total. The topological polar surface area (TPSA) is 86.7 Å². The summed E-state index contributed by atoms with van der Waals surface area (Å²) < 4.78 is 0. The summed E-state index contributed by atoms with van der Waals surface area (Å²) in [7, 11) is 0. The lowest BCUT2D eigenvalue weighted by molar-refractivity contribution is -0.140. The van der Waals surface area contributed by atoms with Crippen LogP contribution >= 0.6 is 0 Å². The normalized spacial score (nSPS) is 15.4. The third-order valence-corrected chi connectivity index (χ3v) is 4.92. The molecule has 0 radical (unpaired) electrons. The van der Waals surface area contributed by atoms with Crippen molar-refractivity contribution >= 4 is 17.8 Å². The summed E-state index contributed by atoms with van der Waals surface area (Å²) in [6, 6.07) is 9.51. The minimum absolute atomic E-state index is 0.0926. The van der Waals surface area contributed by atoms with Crippen molar-refractivity contribution < 1.29 is 19.5 Å². The van der Waals surface area contributed by atoms with Crippen LogP contribution in [0.5, 0.6) is 0 Å². The molecule has 26 heavy (non-hydrogen) atoms. The second-order valence-corrected chi connectivity index (χ2v) is 6.87. The first-order valence-electron chi connectivity index (χ1n) is 9.33. The Balaban J connectivity index is 1.93. The number of benzene rings is 1. The molecule has 6 heteroatoms. The van der Waals surface area contributed by atoms with Crippen molar-refractivity contribution in [1.82, 2.24) is 10.2 Å². The van der Waals surface area contributed by atoms with Crippen LogP contribution in [0.25, 0.3) is 0 Å². The van der Waals surface area contributed by atoms with Crippen LogP contribution < -0.4 is 5.32 Å². The summed E-state index contributed by atoms with van der Waals surface area (Å²) in [4.78, 5) is 37.2. The van der Waals surface area contributed by atoms with Crippen LogP contribution in [0.4, 0.5) is 0 Å². The number of nitrogens with zero attached hydrogens (tertiary/aromatic N) is 1. The maximum absolute atomic E-state index is 12.7. The van der Waals surface area contributed by atoms with Gasteiger partial charge in [0.25, 0.3) is 0 Å². The first-order chi connectivity index (χ1) is 12.5. The Labute approximate surface area is 154 Å². The van der Waals surface area contributed by atoms with E-state index in [0.29, 0.717) is 0 Å². The highest BCUT2D eigenvalue weighted by Gasteiger charge is 2.23. The largest absolute Gasteiger partial charge is 0.481 e. The van der Waals surface area contributed by atoms with Crippen LogP contribution in [0.3, 0.4) is 0 Å². The van der Waals surface area contributed by atoms with Gasteiger partial charge in [0.15, 0.2) is 0 Å². The van der Waals surface area contributed by atoms with Gasteiger partial charge in [0.1, 0.15) is 0 Å². The minimum atomic E-state index is -0.943. The molecule has 1 aliphatic rings. The van der Waals surface area contributed by atoms with Crippen LogP contribution in [0.1, 0.15) is 63.5 Å². The molecule has 0 spiro atoms. The quantitative estimate of drug-likeness (QED) is 0.709. The fraction of sp³-hybridized carbons (Fsp3) is 0.550. The number of hydrogen-bond donors (Lipinski definition) is 2. The van der Waals surface area contributed by atoms with Gasteiger partial charge in [0.2, 0.25) is 11.8 Å². The van der Waals surface area contributed by atoms with Crippen molar-refractivity contribution in [3.63, 3.8) is 0 Å². The zero-order valence-electron chi connectivity index (χ0n) is 15.3. The molecule has 2 amide bonds. The number of nitrogens with one attached hydrogen (secondary N) is 1. The first kappa shape index (κ1) is 19.9. The molecule has 1 saturated carbocycles. The number of amides is 2. The third-order valence-electron chi connectivity index (χ3n) is 4.92. The molecule has 1 aromatic rings. The Bertz CT molecular complexity index is 611. The summed E-state index contributed by atoms with van der Waals surface area (Å²) in [5, 5.41) is 12.0. The Morgan fingerprint density at radius 1 is 1.12 bits per heavy atom. The standard InChI is InChI=1S/C20H28N2O4/c1-15(16-7-3-2-4-8-16)22(14-13-20(25)26)19(24)12-11-18(23)21-17-9-5-6-10-17/h2-4,7-8,15,17H,5-6,9-14H2,1H3,(H,21,23)(H,25,26)/t15-/m0/s1. The molecule has 0 aromatic heterocycles. The molecule has 0 aliphatic heterocycles. The molecule has 1 fully saturated rings. The van der Waals surface area contributed by atoms with E-state index in [4.69, 9.17) is 5.11 Å². The van der Waals surface area contributed by atoms with Crippen molar-refractivity contribution in [2.45, 2.75) is 64.0 Å². The molecular formula is C20H28N2O4. The molecule has 1 aromatic carbocycles. The molecule has 0 bridgehead atoms. The molecule has 0 heterocycles. The van der Waals surface area contributed by atoms with Gasteiger partial charge in [-0.15, -0.1) is 0 Å². The average molecular weight is 360 g/mol. The first-order valence-corrected chi connectivity index (χ1v) is 9.33. The van der Waals surface area contributed by atoms with E-state index >= 15 is 0 Å². The van der Waals surface area contributed by atoms with Gasteiger partial charge < -0.3 is 15.3 Å². The Hall–Kier alpha value is -2.37. The Kier molecular flexibility index (Phi) is 7.63. The molecule has 0 unspecified atom stereocenters. The summed E-state index contributed by atoms with van der Waals surface area (Å²) in [5.74, 6) is -1.23. The van der Waals surface area contributed by atoms with E-state index in [1.54, 1.807) is 4.90 Å². The van der Waals surface area contributed by atoms with E-state index in [2.05, 4.69) is 5.32 Å². The number of hydrogen-bond acceptors (Lipinski definition) is 3.